The van der Waals surface area contributed by atoms with Gasteiger partial charge < -0.3 is 0 Å². The Balaban J connectivity index is 2.41. The van der Waals surface area contributed by atoms with Gasteiger partial charge in [0, 0.05) is 2.74 Å². The maximum Gasteiger partial charge on any atom is 0.0269 e. The molecule has 0 bridgehead atoms. The minimum absolute atomic E-state index is 0.0428. The van der Waals surface area contributed by atoms with E-state index in [1.54, 1.807) is 0 Å². The van der Waals surface area contributed by atoms with Gasteiger partial charge >= 0.3 is 0 Å². The van der Waals surface area contributed by atoms with E-state index in [2.05, 4.69) is 0 Å². The summed E-state index contributed by atoms with van der Waals surface area (Å²) in [6, 6.07) is 0. The van der Waals surface area contributed by atoms with Crippen molar-refractivity contribution in [3.63, 3.8) is 0 Å². The predicted octanol–water partition coefficient (Wildman–Crippen LogP) is 2.59. The smallest absolute Gasteiger partial charge is 0.0269 e. The Morgan fingerprint density at radius 2 is 1.86 bits per heavy atom. The molecule has 0 radical (unpaired) electrons. The molecule has 1 saturated carbocycles. The maximum atomic E-state index is 7.49. The molecule has 0 heterocycles. The lowest BCUT2D eigenvalue weighted by Gasteiger charge is -2.15. The van der Waals surface area contributed by atoms with E-state index in [9.17, 15) is 0 Å². The Morgan fingerprint density at radius 3 is 2.29 bits per heavy atom. The summed E-state index contributed by atoms with van der Waals surface area (Å²) in [5, 5.41) is 0. The number of hydrogen-bond acceptors (Lipinski definition) is 0. The van der Waals surface area contributed by atoms with Gasteiger partial charge in [0.1, 0.15) is 0 Å². The first-order valence-electron chi connectivity index (χ1n) is 4.22. The molecule has 1 rings (SSSR count). The van der Waals surface area contributed by atoms with E-state index in [0.29, 0.717) is 5.92 Å². The monoisotopic (exact) mass is 100 g/mol. The van der Waals surface area contributed by atoms with Crippen molar-refractivity contribution < 1.29 is 2.74 Å². The van der Waals surface area contributed by atoms with Crippen molar-refractivity contribution >= 4 is 0 Å². The van der Waals surface area contributed by atoms with Gasteiger partial charge in [-0.2, -0.15) is 0 Å². The lowest BCUT2D eigenvalue weighted by molar-refractivity contribution is 0.385. The van der Waals surface area contributed by atoms with Crippen molar-refractivity contribution in [2.24, 2.45) is 5.92 Å². The van der Waals surface area contributed by atoms with Crippen LogP contribution >= 0.6 is 0 Å². The van der Waals surface area contributed by atoms with Gasteiger partial charge in [0.05, 0.1) is 0 Å². The Kier molecular flexibility index (Phi) is 1.04. The standard InChI is InChI=1S/C7H14/c1-7-5-3-2-4-6-7/h7H,2-6H2,1H3/i5D,6D. The van der Waals surface area contributed by atoms with Crippen LogP contribution in [0.2, 0.25) is 0 Å². The minimum Gasteiger partial charge on any atom is -0.0625 e. The number of hydrogen-bond donors (Lipinski definition) is 0. The quantitative estimate of drug-likeness (QED) is 0.439. The molecule has 0 spiro atoms. The molecule has 0 aliphatic heterocycles. The van der Waals surface area contributed by atoms with Gasteiger partial charge in [0.2, 0.25) is 0 Å². The second kappa shape index (κ2) is 2.34. The first kappa shape index (κ1) is 3.11. The van der Waals surface area contributed by atoms with Gasteiger partial charge in [-0.3, -0.25) is 0 Å². The molecule has 1 fully saturated rings. The molecule has 1 aliphatic carbocycles. The molecular formula is C7H14. The SMILES string of the molecule is [2H]C1CCCC([2H])C1C. The molecule has 42 valence electrons. The van der Waals surface area contributed by atoms with Gasteiger partial charge in [-0.15, -0.1) is 0 Å². The van der Waals surface area contributed by atoms with Crippen LogP contribution in [0.3, 0.4) is 0 Å². The predicted molar refractivity (Wildman–Crippen MR) is 32.2 cm³/mol. The normalized spacial score (nSPS) is 58.1. The summed E-state index contributed by atoms with van der Waals surface area (Å²) >= 11 is 0. The highest BCUT2D eigenvalue weighted by Gasteiger charge is 2.05. The van der Waals surface area contributed by atoms with Crippen molar-refractivity contribution in [1.29, 1.82) is 0 Å². The lowest BCUT2D eigenvalue weighted by atomic mass is 9.91. The van der Waals surface area contributed by atoms with Crippen molar-refractivity contribution in [1.82, 2.24) is 0 Å². The van der Waals surface area contributed by atoms with Gasteiger partial charge in [0.15, 0.2) is 0 Å². The van der Waals surface area contributed by atoms with Crippen molar-refractivity contribution in [3.8, 4) is 0 Å². The lowest BCUT2D eigenvalue weighted by Crippen LogP contribution is -1.99. The summed E-state index contributed by atoms with van der Waals surface area (Å²) in [4.78, 5) is 0. The first-order chi connectivity index (χ1) is 4.22. The topological polar surface area (TPSA) is 0 Å². The minimum atomic E-state index is 0.0428. The summed E-state index contributed by atoms with van der Waals surface area (Å²) in [6.07, 6.45) is 3.20. The second-order valence-electron chi connectivity index (χ2n) is 2.26. The zero-order valence-corrected chi connectivity index (χ0v) is 4.85. The van der Waals surface area contributed by atoms with Crippen LogP contribution in [-0.4, -0.2) is 0 Å². The van der Waals surface area contributed by atoms with Crippen LogP contribution in [0, 0.1) is 5.92 Å². The molecule has 7 heavy (non-hydrogen) atoms. The fourth-order valence-electron chi connectivity index (χ4n) is 0.976. The van der Waals surface area contributed by atoms with Crippen LogP contribution in [0.15, 0.2) is 0 Å². The molecule has 2 atom stereocenters. The fraction of sp³-hybridized carbons (Fsp3) is 1.00. The summed E-state index contributed by atoms with van der Waals surface area (Å²) in [6.45, 7) is 2.02. The van der Waals surface area contributed by atoms with Gasteiger partial charge in [-0.05, 0) is 5.92 Å². The summed E-state index contributed by atoms with van der Waals surface area (Å²) in [5.41, 5.74) is 0. The molecule has 0 saturated heterocycles. The van der Waals surface area contributed by atoms with E-state index in [-0.39, 0.29) is 12.8 Å². The molecule has 0 aromatic rings. The van der Waals surface area contributed by atoms with Gasteiger partial charge in [0.25, 0.3) is 0 Å². The highest BCUT2D eigenvalue weighted by atomic mass is 14.1. The summed E-state index contributed by atoms with van der Waals surface area (Å²) in [7, 11) is 0. The van der Waals surface area contributed by atoms with Crippen LogP contribution in [0.4, 0.5) is 0 Å². The Bertz CT molecular complexity index is 82.9. The summed E-state index contributed by atoms with van der Waals surface area (Å²) in [5.74, 6) is 0.304. The fourth-order valence-corrected chi connectivity index (χ4v) is 0.976. The third-order valence-electron chi connectivity index (χ3n) is 1.49. The van der Waals surface area contributed by atoms with Gasteiger partial charge in [-0.1, -0.05) is 39.0 Å². The average molecular weight is 100 g/mol. The Labute approximate surface area is 48.7 Å². The Hall–Kier alpha value is 0. The van der Waals surface area contributed by atoms with E-state index in [4.69, 9.17) is 2.74 Å². The molecule has 0 heteroatoms. The van der Waals surface area contributed by atoms with Crippen LogP contribution in [0.1, 0.15) is 41.7 Å². The molecule has 0 nitrogen and oxygen atoms in total. The van der Waals surface area contributed by atoms with E-state index in [1.807, 2.05) is 6.92 Å². The van der Waals surface area contributed by atoms with E-state index in [0.717, 1.165) is 19.3 Å². The molecule has 2 unspecified atom stereocenters. The number of rotatable bonds is 0. The van der Waals surface area contributed by atoms with Crippen LogP contribution < -0.4 is 0 Å². The Morgan fingerprint density at radius 1 is 1.29 bits per heavy atom. The largest absolute Gasteiger partial charge is 0.0625 e. The molecule has 0 amide bonds. The van der Waals surface area contributed by atoms with Crippen molar-refractivity contribution in [2.75, 3.05) is 0 Å². The maximum absolute atomic E-state index is 7.49. The molecule has 0 aromatic carbocycles. The zero-order valence-electron chi connectivity index (χ0n) is 6.85. The van der Waals surface area contributed by atoms with E-state index < -0.39 is 0 Å². The second-order valence-corrected chi connectivity index (χ2v) is 2.26. The van der Waals surface area contributed by atoms with Crippen molar-refractivity contribution in [2.45, 2.75) is 39.0 Å². The third kappa shape index (κ3) is 1.50. The average Bonchev–Trinajstić information content (AvgIpc) is 1.83. The first-order valence-corrected chi connectivity index (χ1v) is 3.06. The van der Waals surface area contributed by atoms with Crippen LogP contribution in [0.5, 0.6) is 0 Å². The van der Waals surface area contributed by atoms with Gasteiger partial charge in [-0.25, -0.2) is 0 Å². The molecule has 1 aliphatic rings. The third-order valence-corrected chi connectivity index (χ3v) is 1.49. The van der Waals surface area contributed by atoms with Crippen LogP contribution in [0.25, 0.3) is 0 Å². The van der Waals surface area contributed by atoms with E-state index >= 15 is 0 Å². The highest BCUT2D eigenvalue weighted by molar-refractivity contribution is 4.59. The van der Waals surface area contributed by atoms with Crippen LogP contribution in [-0.2, 0) is 0 Å². The highest BCUT2D eigenvalue weighted by Crippen LogP contribution is 2.21. The van der Waals surface area contributed by atoms with E-state index in [1.165, 1.54) is 0 Å². The summed E-state index contributed by atoms with van der Waals surface area (Å²) < 4.78 is 15.0. The molecule has 0 N–H and O–H groups in total. The van der Waals surface area contributed by atoms with Crippen molar-refractivity contribution in [3.05, 3.63) is 0 Å². The molecular weight excluding hydrogens is 84.1 g/mol. The molecule has 0 aromatic heterocycles. The zero-order chi connectivity index (χ0) is 6.85.